The van der Waals surface area contributed by atoms with Crippen molar-refractivity contribution in [1.82, 2.24) is 9.97 Å². The smallest absolute Gasteiger partial charge is 0.252 e. The summed E-state index contributed by atoms with van der Waals surface area (Å²) in [5, 5.41) is 0.283. The van der Waals surface area contributed by atoms with Crippen molar-refractivity contribution in [2.24, 2.45) is 0 Å². The summed E-state index contributed by atoms with van der Waals surface area (Å²) < 4.78 is 5.26. The van der Waals surface area contributed by atoms with E-state index in [1.165, 1.54) is 0 Å². The fraction of sp³-hybridized carbons (Fsp3) is 0.400. The third kappa shape index (κ3) is 2.61. The fourth-order valence-electron chi connectivity index (χ4n) is 0.854. The van der Waals surface area contributed by atoms with Gasteiger partial charge in [-0.3, -0.25) is 0 Å². The molecule has 0 bridgehead atoms. The molecule has 0 aromatic carbocycles. The second kappa shape index (κ2) is 4.83. The SMILES string of the molecule is C#CCCOc1nc(C)c(C)nc1Cl. The minimum atomic E-state index is 0.283. The summed E-state index contributed by atoms with van der Waals surface area (Å²) >= 11 is 5.83. The van der Waals surface area contributed by atoms with Gasteiger partial charge >= 0.3 is 0 Å². The highest BCUT2D eigenvalue weighted by Gasteiger charge is 2.07. The monoisotopic (exact) mass is 210 g/mol. The van der Waals surface area contributed by atoms with Crippen molar-refractivity contribution in [3.63, 3.8) is 0 Å². The number of aromatic nitrogens is 2. The number of terminal acetylenes is 1. The van der Waals surface area contributed by atoms with Crippen LogP contribution in [0.2, 0.25) is 5.15 Å². The van der Waals surface area contributed by atoms with Crippen LogP contribution in [0.3, 0.4) is 0 Å². The van der Waals surface area contributed by atoms with Gasteiger partial charge in [0.05, 0.1) is 11.4 Å². The number of hydrogen-bond acceptors (Lipinski definition) is 3. The summed E-state index contributed by atoms with van der Waals surface area (Å²) in [5.74, 6) is 2.82. The first-order chi connectivity index (χ1) is 6.65. The van der Waals surface area contributed by atoms with Crippen LogP contribution < -0.4 is 4.74 Å². The van der Waals surface area contributed by atoms with Gasteiger partial charge in [-0.2, -0.15) is 0 Å². The fourth-order valence-corrected chi connectivity index (χ4v) is 1.08. The first-order valence-electron chi connectivity index (χ1n) is 4.22. The minimum Gasteiger partial charge on any atom is -0.474 e. The number of nitrogens with zero attached hydrogens (tertiary/aromatic N) is 2. The average Bonchev–Trinajstić information content (AvgIpc) is 2.14. The van der Waals surface area contributed by atoms with Crippen LogP contribution >= 0.6 is 11.6 Å². The Hall–Kier alpha value is -1.27. The third-order valence-electron chi connectivity index (χ3n) is 1.72. The van der Waals surface area contributed by atoms with Crippen molar-refractivity contribution >= 4 is 11.6 Å². The van der Waals surface area contributed by atoms with E-state index in [1.54, 1.807) is 0 Å². The molecule has 14 heavy (non-hydrogen) atoms. The highest BCUT2D eigenvalue weighted by atomic mass is 35.5. The van der Waals surface area contributed by atoms with Crippen LogP contribution in [0.1, 0.15) is 17.8 Å². The summed E-state index contributed by atoms with van der Waals surface area (Å²) in [7, 11) is 0. The molecule has 74 valence electrons. The number of rotatable bonds is 3. The molecule has 0 saturated carbocycles. The lowest BCUT2D eigenvalue weighted by Crippen LogP contribution is -2.02. The Morgan fingerprint density at radius 2 is 2.00 bits per heavy atom. The standard InChI is InChI=1S/C10H11ClN2O/c1-4-5-6-14-10-9(11)12-7(2)8(3)13-10/h1H,5-6H2,2-3H3. The summed E-state index contributed by atoms with van der Waals surface area (Å²) in [6, 6.07) is 0. The molecule has 1 rings (SSSR count). The zero-order valence-electron chi connectivity index (χ0n) is 8.17. The molecule has 0 fully saturated rings. The van der Waals surface area contributed by atoms with Gasteiger partial charge in [0.15, 0.2) is 5.15 Å². The van der Waals surface area contributed by atoms with E-state index in [9.17, 15) is 0 Å². The van der Waals surface area contributed by atoms with E-state index in [-0.39, 0.29) is 5.15 Å². The molecular formula is C10H11ClN2O. The predicted molar refractivity (Wildman–Crippen MR) is 55.5 cm³/mol. The number of halogens is 1. The average molecular weight is 211 g/mol. The molecule has 0 radical (unpaired) electrons. The normalized spacial score (nSPS) is 9.57. The maximum absolute atomic E-state index is 5.83. The first-order valence-corrected chi connectivity index (χ1v) is 4.60. The van der Waals surface area contributed by atoms with E-state index in [0.717, 1.165) is 11.4 Å². The molecule has 1 heterocycles. The van der Waals surface area contributed by atoms with Gasteiger partial charge in [0.25, 0.3) is 5.88 Å². The Labute approximate surface area is 88.5 Å². The van der Waals surface area contributed by atoms with Gasteiger partial charge in [-0.05, 0) is 13.8 Å². The Morgan fingerprint density at radius 1 is 1.36 bits per heavy atom. The molecule has 0 atom stereocenters. The van der Waals surface area contributed by atoms with Crippen molar-refractivity contribution in [2.75, 3.05) is 6.61 Å². The zero-order chi connectivity index (χ0) is 10.6. The van der Waals surface area contributed by atoms with Crippen LogP contribution in [-0.4, -0.2) is 16.6 Å². The van der Waals surface area contributed by atoms with Gasteiger partial charge in [0, 0.05) is 6.42 Å². The van der Waals surface area contributed by atoms with E-state index >= 15 is 0 Å². The zero-order valence-corrected chi connectivity index (χ0v) is 8.93. The molecule has 0 N–H and O–H groups in total. The molecule has 4 heteroatoms. The van der Waals surface area contributed by atoms with Gasteiger partial charge in [-0.15, -0.1) is 12.3 Å². The maximum Gasteiger partial charge on any atom is 0.252 e. The van der Waals surface area contributed by atoms with Gasteiger partial charge in [0.2, 0.25) is 0 Å². The minimum absolute atomic E-state index is 0.283. The Morgan fingerprint density at radius 3 is 2.64 bits per heavy atom. The highest BCUT2D eigenvalue weighted by molar-refractivity contribution is 6.30. The van der Waals surface area contributed by atoms with Crippen LogP contribution in [0.15, 0.2) is 0 Å². The quantitative estimate of drug-likeness (QED) is 0.567. The summed E-state index contributed by atoms with van der Waals surface area (Å²) in [6.07, 6.45) is 5.62. The second-order valence-electron chi connectivity index (χ2n) is 2.79. The van der Waals surface area contributed by atoms with E-state index in [2.05, 4.69) is 15.9 Å². The van der Waals surface area contributed by atoms with Gasteiger partial charge < -0.3 is 4.74 Å². The van der Waals surface area contributed by atoms with Crippen molar-refractivity contribution in [1.29, 1.82) is 0 Å². The second-order valence-corrected chi connectivity index (χ2v) is 3.15. The Kier molecular flexibility index (Phi) is 3.73. The molecule has 0 aliphatic rings. The molecule has 0 spiro atoms. The van der Waals surface area contributed by atoms with Crippen LogP contribution in [0.5, 0.6) is 5.88 Å². The third-order valence-corrected chi connectivity index (χ3v) is 1.97. The van der Waals surface area contributed by atoms with Crippen LogP contribution in [0, 0.1) is 26.2 Å². The van der Waals surface area contributed by atoms with Gasteiger partial charge in [-0.1, -0.05) is 11.6 Å². The topological polar surface area (TPSA) is 35.0 Å². The van der Waals surface area contributed by atoms with Crippen molar-refractivity contribution in [3.8, 4) is 18.2 Å². The largest absolute Gasteiger partial charge is 0.474 e. The number of hydrogen-bond donors (Lipinski definition) is 0. The van der Waals surface area contributed by atoms with Gasteiger partial charge in [-0.25, -0.2) is 9.97 Å². The summed E-state index contributed by atoms with van der Waals surface area (Å²) in [6.45, 7) is 4.11. The molecule has 1 aromatic heterocycles. The molecule has 0 amide bonds. The Bertz CT molecular complexity index is 371. The summed E-state index contributed by atoms with van der Waals surface area (Å²) in [4.78, 5) is 8.24. The molecule has 0 saturated heterocycles. The van der Waals surface area contributed by atoms with Crippen molar-refractivity contribution in [3.05, 3.63) is 16.5 Å². The van der Waals surface area contributed by atoms with E-state index in [4.69, 9.17) is 22.8 Å². The molecular weight excluding hydrogens is 200 g/mol. The lowest BCUT2D eigenvalue weighted by atomic mass is 10.3. The molecule has 3 nitrogen and oxygen atoms in total. The molecule has 0 unspecified atom stereocenters. The molecule has 0 aliphatic carbocycles. The van der Waals surface area contributed by atoms with Crippen LogP contribution in [-0.2, 0) is 0 Å². The van der Waals surface area contributed by atoms with E-state index in [0.29, 0.717) is 18.9 Å². The molecule has 1 aromatic rings. The Balaban J connectivity index is 2.78. The van der Waals surface area contributed by atoms with Gasteiger partial charge in [0.1, 0.15) is 6.61 Å². The van der Waals surface area contributed by atoms with Crippen LogP contribution in [0.4, 0.5) is 0 Å². The number of aryl methyl sites for hydroxylation is 2. The first kappa shape index (κ1) is 10.8. The maximum atomic E-state index is 5.83. The lowest BCUT2D eigenvalue weighted by Gasteiger charge is -2.06. The predicted octanol–water partition coefficient (Wildman–Crippen LogP) is 2.15. The van der Waals surface area contributed by atoms with E-state index < -0.39 is 0 Å². The number of ether oxygens (including phenoxy) is 1. The van der Waals surface area contributed by atoms with Crippen LogP contribution in [0.25, 0.3) is 0 Å². The lowest BCUT2D eigenvalue weighted by molar-refractivity contribution is 0.312. The summed E-state index contributed by atoms with van der Waals surface area (Å²) in [5.41, 5.74) is 1.62. The van der Waals surface area contributed by atoms with Crippen molar-refractivity contribution < 1.29 is 4.74 Å². The highest BCUT2D eigenvalue weighted by Crippen LogP contribution is 2.20. The molecule has 0 aliphatic heterocycles. The van der Waals surface area contributed by atoms with E-state index in [1.807, 2.05) is 13.8 Å². The van der Waals surface area contributed by atoms with Crippen molar-refractivity contribution in [2.45, 2.75) is 20.3 Å².